The van der Waals surface area contributed by atoms with E-state index >= 15 is 0 Å². The fourth-order valence-electron chi connectivity index (χ4n) is 2.69. The van der Waals surface area contributed by atoms with Crippen LogP contribution in [0.5, 0.6) is 0 Å². The molecule has 0 bridgehead atoms. The van der Waals surface area contributed by atoms with Gasteiger partial charge in [-0.15, -0.1) is 11.3 Å². The molecule has 0 aliphatic carbocycles. The van der Waals surface area contributed by atoms with Crippen molar-refractivity contribution in [1.82, 2.24) is 10.3 Å². The van der Waals surface area contributed by atoms with E-state index in [0.717, 1.165) is 29.1 Å². The summed E-state index contributed by atoms with van der Waals surface area (Å²) in [5.74, 6) is 0.102. The van der Waals surface area contributed by atoms with E-state index in [4.69, 9.17) is 10.5 Å². The van der Waals surface area contributed by atoms with Crippen LogP contribution in [0.3, 0.4) is 0 Å². The number of hydrogen-bond donors (Lipinski definition) is 2. The second kappa shape index (κ2) is 7.68. The summed E-state index contributed by atoms with van der Waals surface area (Å²) in [6, 6.07) is 9.56. The SMILES string of the molecule is NC(C(=O)NCc1csc(-c2ccccc2)n1)C1CCOCC1. The van der Waals surface area contributed by atoms with Gasteiger partial charge in [-0.25, -0.2) is 4.98 Å². The number of nitrogens with one attached hydrogen (secondary N) is 1. The first-order valence-electron chi connectivity index (χ1n) is 7.85. The molecule has 1 saturated heterocycles. The molecule has 1 aromatic heterocycles. The lowest BCUT2D eigenvalue weighted by molar-refractivity contribution is -0.124. The molecule has 6 heteroatoms. The number of aromatic nitrogens is 1. The first-order chi connectivity index (χ1) is 11.2. The van der Waals surface area contributed by atoms with Crippen molar-refractivity contribution in [2.45, 2.75) is 25.4 Å². The molecule has 3 rings (SSSR count). The van der Waals surface area contributed by atoms with Gasteiger partial charge in [0.1, 0.15) is 5.01 Å². The van der Waals surface area contributed by atoms with Gasteiger partial charge in [-0.1, -0.05) is 30.3 Å². The fraction of sp³-hybridized carbons (Fsp3) is 0.412. The average Bonchev–Trinajstić information content (AvgIpc) is 3.09. The third-order valence-corrected chi connectivity index (χ3v) is 5.03. The van der Waals surface area contributed by atoms with Crippen LogP contribution in [0.1, 0.15) is 18.5 Å². The number of amides is 1. The molecule has 1 unspecified atom stereocenters. The van der Waals surface area contributed by atoms with Crippen LogP contribution >= 0.6 is 11.3 Å². The van der Waals surface area contributed by atoms with E-state index in [9.17, 15) is 4.79 Å². The first kappa shape index (κ1) is 16.1. The van der Waals surface area contributed by atoms with Crippen LogP contribution < -0.4 is 11.1 Å². The molecule has 23 heavy (non-hydrogen) atoms. The van der Waals surface area contributed by atoms with Crippen molar-refractivity contribution in [1.29, 1.82) is 0 Å². The lowest BCUT2D eigenvalue weighted by Gasteiger charge is -2.26. The summed E-state index contributed by atoms with van der Waals surface area (Å²) >= 11 is 1.58. The Hall–Kier alpha value is -1.76. The molecule has 2 heterocycles. The maximum absolute atomic E-state index is 12.2. The number of carbonyl (C=O) groups is 1. The molecule has 1 atom stereocenters. The van der Waals surface area contributed by atoms with Crippen molar-refractivity contribution in [2.24, 2.45) is 11.7 Å². The number of thiazole rings is 1. The quantitative estimate of drug-likeness (QED) is 0.880. The summed E-state index contributed by atoms with van der Waals surface area (Å²) in [7, 11) is 0. The van der Waals surface area contributed by atoms with E-state index in [1.54, 1.807) is 11.3 Å². The van der Waals surface area contributed by atoms with Crippen LogP contribution in [-0.4, -0.2) is 30.1 Å². The number of rotatable bonds is 5. The molecular formula is C17H21N3O2S. The molecule has 1 amide bonds. The predicted molar refractivity (Wildman–Crippen MR) is 90.9 cm³/mol. The lowest BCUT2D eigenvalue weighted by atomic mass is 9.92. The number of hydrogen-bond acceptors (Lipinski definition) is 5. The van der Waals surface area contributed by atoms with Crippen molar-refractivity contribution in [2.75, 3.05) is 13.2 Å². The van der Waals surface area contributed by atoms with Gasteiger partial charge in [0.25, 0.3) is 0 Å². The minimum absolute atomic E-state index is 0.105. The molecule has 3 N–H and O–H groups in total. The minimum atomic E-state index is -0.467. The average molecular weight is 331 g/mol. The van der Waals surface area contributed by atoms with Gasteiger partial charge in [0.15, 0.2) is 0 Å². The Bertz CT molecular complexity index is 638. The van der Waals surface area contributed by atoms with E-state index in [2.05, 4.69) is 10.3 Å². The Labute approximate surface area is 139 Å². The predicted octanol–water partition coefficient (Wildman–Crippen LogP) is 2.18. The van der Waals surface area contributed by atoms with Crippen LogP contribution in [0.25, 0.3) is 10.6 Å². The zero-order valence-electron chi connectivity index (χ0n) is 12.9. The van der Waals surface area contributed by atoms with Gasteiger partial charge in [-0.2, -0.15) is 0 Å². The number of benzene rings is 1. The highest BCUT2D eigenvalue weighted by molar-refractivity contribution is 7.13. The first-order valence-corrected chi connectivity index (χ1v) is 8.73. The third kappa shape index (κ3) is 4.16. The highest BCUT2D eigenvalue weighted by Gasteiger charge is 2.26. The topological polar surface area (TPSA) is 77.2 Å². The van der Waals surface area contributed by atoms with E-state index in [1.807, 2.05) is 35.7 Å². The van der Waals surface area contributed by atoms with Crippen LogP contribution in [0.2, 0.25) is 0 Å². The number of nitrogens with zero attached hydrogens (tertiary/aromatic N) is 1. The van der Waals surface area contributed by atoms with Gasteiger partial charge in [-0.05, 0) is 18.8 Å². The van der Waals surface area contributed by atoms with Gasteiger partial charge < -0.3 is 15.8 Å². The molecular weight excluding hydrogens is 310 g/mol. The van der Waals surface area contributed by atoms with Crippen LogP contribution in [0.15, 0.2) is 35.7 Å². The summed E-state index contributed by atoms with van der Waals surface area (Å²) in [6.45, 7) is 1.80. The van der Waals surface area contributed by atoms with Gasteiger partial charge in [0.05, 0.1) is 18.3 Å². The Balaban J connectivity index is 1.54. The zero-order chi connectivity index (χ0) is 16.1. The number of nitrogens with two attached hydrogens (primary N) is 1. The van der Waals surface area contributed by atoms with Gasteiger partial charge in [0.2, 0.25) is 5.91 Å². The van der Waals surface area contributed by atoms with Crippen LogP contribution in [0.4, 0.5) is 0 Å². The van der Waals surface area contributed by atoms with Crippen LogP contribution in [0, 0.1) is 5.92 Å². The van der Waals surface area contributed by atoms with Crippen molar-refractivity contribution >= 4 is 17.2 Å². The number of ether oxygens (including phenoxy) is 1. The molecule has 0 radical (unpaired) electrons. The second-order valence-electron chi connectivity index (χ2n) is 5.70. The normalized spacial score (nSPS) is 16.9. The maximum atomic E-state index is 12.2. The summed E-state index contributed by atoms with van der Waals surface area (Å²) < 4.78 is 5.31. The van der Waals surface area contributed by atoms with Gasteiger partial charge >= 0.3 is 0 Å². The van der Waals surface area contributed by atoms with Crippen molar-refractivity contribution in [3.8, 4) is 10.6 Å². The zero-order valence-corrected chi connectivity index (χ0v) is 13.7. The van der Waals surface area contributed by atoms with Gasteiger partial charge in [0, 0.05) is 24.2 Å². The number of carbonyl (C=O) groups excluding carboxylic acids is 1. The second-order valence-corrected chi connectivity index (χ2v) is 6.56. The minimum Gasteiger partial charge on any atom is -0.381 e. The van der Waals surface area contributed by atoms with Crippen molar-refractivity contribution in [3.63, 3.8) is 0 Å². The molecule has 5 nitrogen and oxygen atoms in total. The fourth-order valence-corrected chi connectivity index (χ4v) is 3.51. The molecule has 0 saturated carbocycles. The summed E-state index contributed by atoms with van der Waals surface area (Å²) in [6.07, 6.45) is 1.70. The highest BCUT2D eigenvalue weighted by Crippen LogP contribution is 2.23. The molecule has 0 spiro atoms. The van der Waals surface area contributed by atoms with E-state index in [-0.39, 0.29) is 11.8 Å². The largest absolute Gasteiger partial charge is 0.381 e. The van der Waals surface area contributed by atoms with E-state index in [1.165, 1.54) is 0 Å². The molecule has 2 aromatic rings. The smallest absolute Gasteiger partial charge is 0.237 e. The molecule has 1 aliphatic heterocycles. The summed E-state index contributed by atoms with van der Waals surface area (Å²) in [5, 5.41) is 5.84. The Morgan fingerprint density at radius 3 is 2.83 bits per heavy atom. The molecule has 122 valence electrons. The Kier molecular flexibility index (Phi) is 5.38. The monoisotopic (exact) mass is 331 g/mol. The summed E-state index contributed by atoms with van der Waals surface area (Å²) in [4.78, 5) is 16.8. The standard InChI is InChI=1S/C17H21N3O2S/c18-15(12-6-8-22-9-7-12)16(21)19-10-14-11-23-17(20-14)13-4-2-1-3-5-13/h1-5,11-12,15H,6-10,18H2,(H,19,21). The highest BCUT2D eigenvalue weighted by atomic mass is 32.1. The van der Waals surface area contributed by atoms with Crippen molar-refractivity contribution < 1.29 is 9.53 Å². The Morgan fingerprint density at radius 1 is 1.35 bits per heavy atom. The molecule has 1 aliphatic rings. The van der Waals surface area contributed by atoms with E-state index < -0.39 is 6.04 Å². The van der Waals surface area contributed by atoms with Crippen molar-refractivity contribution in [3.05, 3.63) is 41.4 Å². The Morgan fingerprint density at radius 2 is 2.09 bits per heavy atom. The maximum Gasteiger partial charge on any atom is 0.237 e. The molecule has 1 aromatic carbocycles. The lowest BCUT2D eigenvalue weighted by Crippen LogP contribution is -2.46. The van der Waals surface area contributed by atoms with E-state index in [0.29, 0.717) is 19.8 Å². The van der Waals surface area contributed by atoms with Gasteiger partial charge in [-0.3, -0.25) is 4.79 Å². The third-order valence-electron chi connectivity index (χ3n) is 4.09. The summed E-state index contributed by atoms with van der Waals surface area (Å²) in [5.41, 5.74) is 8.02. The van der Waals surface area contributed by atoms with Crippen LogP contribution in [-0.2, 0) is 16.1 Å². The molecule has 1 fully saturated rings.